The summed E-state index contributed by atoms with van der Waals surface area (Å²) < 4.78 is 0. The number of amides is 1. The van der Waals surface area contributed by atoms with E-state index in [-0.39, 0.29) is 12.8 Å². The molecular weight excluding hydrogens is 210 g/mol. The molecule has 0 unspecified atom stereocenters. The maximum atomic E-state index is 11.5. The van der Waals surface area contributed by atoms with Crippen molar-refractivity contribution in [3.8, 4) is 0 Å². The molecule has 0 aliphatic rings. The highest BCUT2D eigenvalue weighted by Gasteiger charge is 2.24. The molecule has 0 heterocycles. The Morgan fingerprint density at radius 3 is 2.44 bits per heavy atom. The van der Waals surface area contributed by atoms with Gasteiger partial charge in [0.25, 0.3) is 0 Å². The molecule has 1 atom stereocenters. The van der Waals surface area contributed by atoms with E-state index in [1.807, 2.05) is 5.32 Å². The number of ketones is 1. The summed E-state index contributed by atoms with van der Waals surface area (Å²) in [5.74, 6) is -1.90. The number of aliphatic carboxylic acids is 1. The first-order valence-corrected chi connectivity index (χ1v) is 4.64. The number of Topliss-reactive ketones (excluding diaryl/α,β-unsaturated/α-hetero) is 1. The zero-order chi connectivity index (χ0) is 12.0. The molecular formula is C11H11NO4. The Morgan fingerprint density at radius 1 is 1.31 bits per heavy atom. The fourth-order valence-corrected chi connectivity index (χ4v) is 1.27. The second kappa shape index (κ2) is 5.65. The van der Waals surface area contributed by atoms with Gasteiger partial charge in [-0.25, -0.2) is 4.79 Å². The summed E-state index contributed by atoms with van der Waals surface area (Å²) in [6.45, 7) is 0. The molecule has 2 N–H and O–H groups in total. The van der Waals surface area contributed by atoms with Gasteiger partial charge in [0.05, 0.1) is 0 Å². The fourth-order valence-electron chi connectivity index (χ4n) is 1.27. The zero-order valence-electron chi connectivity index (χ0n) is 8.42. The number of carbonyl (C=O) groups excluding carboxylic acids is 2. The van der Waals surface area contributed by atoms with E-state index in [4.69, 9.17) is 5.11 Å². The van der Waals surface area contributed by atoms with Gasteiger partial charge in [0.15, 0.2) is 11.8 Å². The van der Waals surface area contributed by atoms with Crippen LogP contribution in [0.2, 0.25) is 0 Å². The van der Waals surface area contributed by atoms with E-state index < -0.39 is 17.8 Å². The SMILES string of the molecule is O=CN[C@H](C(=O)O)C(=O)Cc1ccccc1. The van der Waals surface area contributed by atoms with Gasteiger partial charge in [0.2, 0.25) is 6.41 Å². The number of nitrogens with one attached hydrogen (secondary N) is 1. The van der Waals surface area contributed by atoms with Crippen LogP contribution in [0.5, 0.6) is 0 Å². The van der Waals surface area contributed by atoms with Crippen molar-refractivity contribution in [2.75, 3.05) is 0 Å². The van der Waals surface area contributed by atoms with Gasteiger partial charge in [-0.05, 0) is 5.56 Å². The van der Waals surface area contributed by atoms with Crippen LogP contribution >= 0.6 is 0 Å². The number of carboxylic acids is 1. The largest absolute Gasteiger partial charge is 0.479 e. The van der Waals surface area contributed by atoms with Crippen LogP contribution in [0.1, 0.15) is 5.56 Å². The van der Waals surface area contributed by atoms with Gasteiger partial charge in [-0.3, -0.25) is 9.59 Å². The minimum atomic E-state index is -1.47. The predicted molar refractivity (Wildman–Crippen MR) is 55.8 cm³/mol. The number of hydrogen-bond donors (Lipinski definition) is 2. The third kappa shape index (κ3) is 3.20. The average molecular weight is 221 g/mol. The van der Waals surface area contributed by atoms with Crippen molar-refractivity contribution in [1.82, 2.24) is 5.32 Å². The lowest BCUT2D eigenvalue weighted by atomic mass is 10.0. The van der Waals surface area contributed by atoms with E-state index in [9.17, 15) is 14.4 Å². The molecule has 0 aliphatic heterocycles. The van der Waals surface area contributed by atoms with Crippen LogP contribution in [0, 0.1) is 0 Å². The normalized spacial score (nSPS) is 11.5. The third-order valence-electron chi connectivity index (χ3n) is 2.02. The molecule has 5 nitrogen and oxygen atoms in total. The quantitative estimate of drug-likeness (QED) is 0.523. The number of hydrogen-bond acceptors (Lipinski definition) is 3. The Balaban J connectivity index is 2.69. The van der Waals surface area contributed by atoms with E-state index in [1.54, 1.807) is 30.3 Å². The predicted octanol–water partition coefficient (Wildman–Crippen LogP) is -0.00260. The molecule has 5 heteroatoms. The first kappa shape index (κ1) is 11.9. The van der Waals surface area contributed by atoms with Crippen LogP contribution in [-0.2, 0) is 20.8 Å². The summed E-state index contributed by atoms with van der Waals surface area (Å²) >= 11 is 0. The first-order chi connectivity index (χ1) is 7.65. The Morgan fingerprint density at radius 2 is 1.94 bits per heavy atom. The highest BCUT2D eigenvalue weighted by atomic mass is 16.4. The van der Waals surface area contributed by atoms with Crippen molar-refractivity contribution in [3.05, 3.63) is 35.9 Å². The third-order valence-corrected chi connectivity index (χ3v) is 2.02. The fraction of sp³-hybridized carbons (Fsp3) is 0.182. The van der Waals surface area contributed by atoms with Gasteiger partial charge in [-0.1, -0.05) is 30.3 Å². The molecule has 1 amide bonds. The Hall–Kier alpha value is -2.17. The Bertz CT molecular complexity index is 388. The highest BCUT2D eigenvalue weighted by molar-refractivity contribution is 6.04. The molecule has 0 radical (unpaired) electrons. The lowest BCUT2D eigenvalue weighted by molar-refractivity contribution is -0.144. The van der Waals surface area contributed by atoms with Crippen molar-refractivity contribution in [1.29, 1.82) is 0 Å². The van der Waals surface area contributed by atoms with E-state index in [2.05, 4.69) is 0 Å². The lowest BCUT2D eigenvalue weighted by Crippen LogP contribution is -2.43. The summed E-state index contributed by atoms with van der Waals surface area (Å²) in [7, 11) is 0. The molecule has 0 saturated carbocycles. The highest BCUT2D eigenvalue weighted by Crippen LogP contribution is 2.02. The molecule has 0 saturated heterocycles. The minimum Gasteiger partial charge on any atom is -0.479 e. The van der Waals surface area contributed by atoms with Crippen molar-refractivity contribution in [3.63, 3.8) is 0 Å². The molecule has 1 aromatic rings. The number of benzene rings is 1. The summed E-state index contributed by atoms with van der Waals surface area (Å²) in [5, 5.41) is 10.7. The number of carboxylic acid groups (broad SMARTS) is 1. The van der Waals surface area contributed by atoms with Crippen molar-refractivity contribution < 1.29 is 19.5 Å². The molecule has 0 bridgehead atoms. The Kier molecular flexibility index (Phi) is 4.20. The monoisotopic (exact) mass is 221 g/mol. The topological polar surface area (TPSA) is 83.5 Å². The second-order valence-electron chi connectivity index (χ2n) is 3.18. The van der Waals surface area contributed by atoms with Crippen LogP contribution in [0.15, 0.2) is 30.3 Å². The van der Waals surface area contributed by atoms with Gasteiger partial charge < -0.3 is 10.4 Å². The zero-order valence-corrected chi connectivity index (χ0v) is 8.42. The average Bonchev–Trinajstić information content (AvgIpc) is 2.26. The first-order valence-electron chi connectivity index (χ1n) is 4.64. The Labute approximate surface area is 92.1 Å². The standard InChI is InChI=1S/C11H11NO4/c13-7-12-10(11(15)16)9(14)6-8-4-2-1-3-5-8/h1-5,7,10H,6H2,(H,12,13)(H,15,16)/t10-/m0/s1. The van der Waals surface area contributed by atoms with E-state index >= 15 is 0 Å². The van der Waals surface area contributed by atoms with Gasteiger partial charge >= 0.3 is 5.97 Å². The van der Waals surface area contributed by atoms with Gasteiger partial charge in [-0.2, -0.15) is 0 Å². The van der Waals surface area contributed by atoms with Gasteiger partial charge in [0.1, 0.15) is 0 Å². The van der Waals surface area contributed by atoms with Crippen LogP contribution in [-0.4, -0.2) is 29.3 Å². The van der Waals surface area contributed by atoms with E-state index in [1.165, 1.54) is 0 Å². The molecule has 0 fully saturated rings. The number of carbonyl (C=O) groups is 3. The number of rotatable bonds is 6. The molecule has 0 aliphatic carbocycles. The lowest BCUT2D eigenvalue weighted by Gasteiger charge is -2.09. The van der Waals surface area contributed by atoms with Gasteiger partial charge in [0, 0.05) is 6.42 Å². The van der Waals surface area contributed by atoms with Crippen LogP contribution < -0.4 is 5.32 Å². The molecule has 16 heavy (non-hydrogen) atoms. The van der Waals surface area contributed by atoms with E-state index in [0.717, 1.165) is 0 Å². The van der Waals surface area contributed by atoms with Crippen LogP contribution in [0.3, 0.4) is 0 Å². The molecule has 0 spiro atoms. The summed E-state index contributed by atoms with van der Waals surface area (Å²) in [5.41, 5.74) is 0.714. The maximum Gasteiger partial charge on any atom is 0.334 e. The minimum absolute atomic E-state index is 0.0152. The van der Waals surface area contributed by atoms with Gasteiger partial charge in [-0.15, -0.1) is 0 Å². The summed E-state index contributed by atoms with van der Waals surface area (Å²) in [6, 6.07) is 7.27. The molecule has 84 valence electrons. The molecule has 0 aromatic heterocycles. The van der Waals surface area contributed by atoms with Crippen LogP contribution in [0.4, 0.5) is 0 Å². The van der Waals surface area contributed by atoms with Crippen molar-refractivity contribution >= 4 is 18.2 Å². The molecule has 1 rings (SSSR count). The summed E-state index contributed by atoms with van der Waals surface area (Å²) in [4.78, 5) is 32.4. The van der Waals surface area contributed by atoms with Crippen molar-refractivity contribution in [2.24, 2.45) is 0 Å². The molecule has 1 aromatic carbocycles. The smallest absolute Gasteiger partial charge is 0.334 e. The van der Waals surface area contributed by atoms with Crippen LogP contribution in [0.25, 0.3) is 0 Å². The second-order valence-corrected chi connectivity index (χ2v) is 3.18. The van der Waals surface area contributed by atoms with E-state index in [0.29, 0.717) is 5.56 Å². The van der Waals surface area contributed by atoms with Crippen molar-refractivity contribution in [2.45, 2.75) is 12.5 Å². The summed E-state index contributed by atoms with van der Waals surface area (Å²) in [6.07, 6.45) is 0.195. The maximum absolute atomic E-state index is 11.5.